The zero-order valence-electron chi connectivity index (χ0n) is 11.5. The Hall–Kier alpha value is -0.610. The average Bonchev–Trinajstić information content (AvgIpc) is 2.19. The number of carbonyl (C=O) groups is 1. The summed E-state index contributed by atoms with van der Waals surface area (Å²) in [5, 5.41) is 12.3. The molecule has 0 saturated carbocycles. The molecule has 0 aromatic rings. The van der Waals surface area contributed by atoms with Gasteiger partial charge in [0.2, 0.25) is 0 Å². The van der Waals surface area contributed by atoms with Crippen LogP contribution in [0.1, 0.15) is 40.5 Å². The molecule has 1 aliphatic heterocycles. The van der Waals surface area contributed by atoms with Crippen LogP contribution in [0.5, 0.6) is 0 Å². The van der Waals surface area contributed by atoms with Crippen molar-refractivity contribution < 1.29 is 9.90 Å². The number of rotatable bonds is 5. The highest BCUT2D eigenvalue weighted by Gasteiger charge is 2.28. The van der Waals surface area contributed by atoms with Crippen molar-refractivity contribution in [2.24, 2.45) is 5.41 Å². The van der Waals surface area contributed by atoms with E-state index in [1.54, 1.807) is 0 Å². The first kappa shape index (κ1) is 14.5. The van der Waals surface area contributed by atoms with E-state index in [1.165, 1.54) is 0 Å². The average molecular weight is 242 g/mol. The predicted octanol–water partition coefficient (Wildman–Crippen LogP) is 1.56. The summed E-state index contributed by atoms with van der Waals surface area (Å²) in [5.41, 5.74) is 0.417. The number of carboxylic acids is 1. The van der Waals surface area contributed by atoms with E-state index in [4.69, 9.17) is 5.11 Å². The number of piperidine rings is 1. The fourth-order valence-electron chi connectivity index (χ4n) is 2.20. The number of nitrogens with one attached hydrogen (secondary N) is 1. The Morgan fingerprint density at radius 3 is 2.29 bits per heavy atom. The summed E-state index contributed by atoms with van der Waals surface area (Å²) in [6.45, 7) is 11.2. The van der Waals surface area contributed by atoms with Crippen LogP contribution in [0.2, 0.25) is 0 Å². The van der Waals surface area contributed by atoms with Gasteiger partial charge in [-0.15, -0.1) is 0 Å². The highest BCUT2D eigenvalue weighted by molar-refractivity contribution is 5.73. The Labute approximate surface area is 104 Å². The largest absolute Gasteiger partial charge is 0.480 e. The van der Waals surface area contributed by atoms with E-state index in [2.05, 4.69) is 24.1 Å². The molecule has 0 aromatic carbocycles. The van der Waals surface area contributed by atoms with Gasteiger partial charge in [0.15, 0.2) is 0 Å². The summed E-state index contributed by atoms with van der Waals surface area (Å²) < 4.78 is 0. The molecule has 1 fully saturated rings. The van der Waals surface area contributed by atoms with Crippen LogP contribution in [0.3, 0.4) is 0 Å². The van der Waals surface area contributed by atoms with E-state index < -0.39 is 12.0 Å². The van der Waals surface area contributed by atoms with Crippen molar-refractivity contribution in [3.63, 3.8) is 0 Å². The molecule has 1 rings (SSSR count). The number of hydrogen-bond acceptors (Lipinski definition) is 3. The smallest absolute Gasteiger partial charge is 0.322 e. The van der Waals surface area contributed by atoms with Crippen LogP contribution in [-0.4, -0.2) is 47.7 Å². The summed E-state index contributed by atoms with van der Waals surface area (Å²) in [6, 6.07) is -0.242. The highest BCUT2D eigenvalue weighted by atomic mass is 16.4. The Bertz CT molecular complexity index is 254. The minimum atomic E-state index is -0.747. The Balaban J connectivity index is 2.43. The number of nitrogens with zero attached hydrogens (tertiary/aromatic N) is 1. The van der Waals surface area contributed by atoms with Gasteiger partial charge in [0, 0.05) is 12.6 Å². The van der Waals surface area contributed by atoms with Gasteiger partial charge in [-0.25, -0.2) is 0 Å². The van der Waals surface area contributed by atoms with Crippen LogP contribution in [0.4, 0.5) is 0 Å². The molecule has 0 amide bonds. The number of hydrogen-bond donors (Lipinski definition) is 2. The van der Waals surface area contributed by atoms with Crippen LogP contribution in [0, 0.1) is 5.41 Å². The molecule has 0 aromatic heterocycles. The molecule has 0 spiro atoms. The normalized spacial score (nSPS) is 22.6. The molecule has 1 atom stereocenters. The van der Waals surface area contributed by atoms with Crippen LogP contribution >= 0.6 is 0 Å². The Kier molecular flexibility index (Phi) is 4.95. The van der Waals surface area contributed by atoms with E-state index in [1.807, 2.05) is 13.8 Å². The van der Waals surface area contributed by atoms with Gasteiger partial charge < -0.3 is 15.3 Å². The quantitative estimate of drug-likeness (QED) is 0.768. The van der Waals surface area contributed by atoms with Crippen LogP contribution in [-0.2, 0) is 4.79 Å². The van der Waals surface area contributed by atoms with Crippen molar-refractivity contribution in [3.8, 4) is 0 Å². The van der Waals surface area contributed by atoms with Crippen molar-refractivity contribution in [2.75, 3.05) is 19.6 Å². The molecule has 4 nitrogen and oxygen atoms in total. The second kappa shape index (κ2) is 5.83. The van der Waals surface area contributed by atoms with Gasteiger partial charge in [-0.05, 0) is 31.3 Å². The Morgan fingerprint density at radius 2 is 1.88 bits per heavy atom. The van der Waals surface area contributed by atoms with E-state index in [9.17, 15) is 4.79 Å². The topological polar surface area (TPSA) is 52.6 Å². The van der Waals surface area contributed by atoms with Crippen molar-refractivity contribution >= 4 is 5.97 Å². The van der Waals surface area contributed by atoms with E-state index >= 15 is 0 Å². The maximum absolute atomic E-state index is 11.1. The molecule has 2 N–H and O–H groups in total. The van der Waals surface area contributed by atoms with Gasteiger partial charge >= 0.3 is 5.97 Å². The first-order chi connectivity index (χ1) is 7.80. The molecule has 1 unspecified atom stereocenters. The fraction of sp³-hybridized carbons (Fsp3) is 0.923. The first-order valence-corrected chi connectivity index (χ1v) is 6.51. The van der Waals surface area contributed by atoms with Crippen LogP contribution in [0.25, 0.3) is 0 Å². The number of aliphatic carboxylic acids is 1. The Morgan fingerprint density at radius 1 is 1.35 bits per heavy atom. The summed E-state index contributed by atoms with van der Waals surface area (Å²) in [7, 11) is 0. The number of carboxylic acid groups (broad SMARTS) is 1. The van der Waals surface area contributed by atoms with E-state index in [0.29, 0.717) is 12.0 Å². The molecular weight excluding hydrogens is 216 g/mol. The van der Waals surface area contributed by atoms with Gasteiger partial charge in [0.05, 0.1) is 0 Å². The molecule has 1 saturated heterocycles. The molecular formula is C13H26N2O2. The third-order valence-electron chi connectivity index (χ3n) is 3.48. The van der Waals surface area contributed by atoms with Crippen molar-refractivity contribution in [2.45, 2.75) is 52.6 Å². The van der Waals surface area contributed by atoms with Crippen LogP contribution < -0.4 is 5.32 Å². The SMILES string of the molecule is CC(C)NC(CN1CCC(C)(C)CC1)C(=O)O. The second-order valence-electron chi connectivity index (χ2n) is 6.18. The maximum atomic E-state index is 11.1. The molecule has 4 heteroatoms. The minimum absolute atomic E-state index is 0.206. The van der Waals surface area contributed by atoms with Gasteiger partial charge in [-0.1, -0.05) is 27.7 Å². The fourth-order valence-corrected chi connectivity index (χ4v) is 2.20. The lowest BCUT2D eigenvalue weighted by molar-refractivity contribution is -0.140. The molecule has 0 bridgehead atoms. The van der Waals surface area contributed by atoms with Gasteiger partial charge in [0.1, 0.15) is 6.04 Å². The molecule has 0 radical (unpaired) electrons. The van der Waals surface area contributed by atoms with Gasteiger partial charge in [0.25, 0.3) is 0 Å². The lowest BCUT2D eigenvalue weighted by Gasteiger charge is -2.38. The first-order valence-electron chi connectivity index (χ1n) is 6.51. The zero-order chi connectivity index (χ0) is 13.1. The van der Waals surface area contributed by atoms with Crippen LogP contribution in [0.15, 0.2) is 0 Å². The zero-order valence-corrected chi connectivity index (χ0v) is 11.5. The standard InChI is InChI=1S/C13H26N2O2/c1-10(2)14-11(12(16)17)9-15-7-5-13(3,4)6-8-15/h10-11,14H,5-9H2,1-4H3,(H,16,17). The van der Waals surface area contributed by atoms with Crippen molar-refractivity contribution in [1.29, 1.82) is 0 Å². The highest BCUT2D eigenvalue weighted by Crippen LogP contribution is 2.29. The molecule has 1 aliphatic rings. The third-order valence-corrected chi connectivity index (χ3v) is 3.48. The minimum Gasteiger partial charge on any atom is -0.480 e. The summed E-state index contributed by atoms with van der Waals surface area (Å²) in [6.07, 6.45) is 2.31. The van der Waals surface area contributed by atoms with Gasteiger partial charge in [-0.3, -0.25) is 4.79 Å². The molecule has 17 heavy (non-hydrogen) atoms. The molecule has 100 valence electrons. The van der Waals surface area contributed by atoms with Crippen molar-refractivity contribution in [3.05, 3.63) is 0 Å². The summed E-state index contributed by atoms with van der Waals surface area (Å²) >= 11 is 0. The molecule has 0 aliphatic carbocycles. The maximum Gasteiger partial charge on any atom is 0.322 e. The van der Waals surface area contributed by atoms with E-state index in [0.717, 1.165) is 25.9 Å². The summed E-state index contributed by atoms with van der Waals surface area (Å²) in [4.78, 5) is 13.4. The molecule has 1 heterocycles. The second-order valence-corrected chi connectivity index (χ2v) is 6.18. The lowest BCUT2D eigenvalue weighted by atomic mass is 9.82. The van der Waals surface area contributed by atoms with E-state index in [-0.39, 0.29) is 6.04 Å². The number of likely N-dealkylation sites (tertiary alicyclic amines) is 1. The lowest BCUT2D eigenvalue weighted by Crippen LogP contribution is -2.50. The predicted molar refractivity (Wildman–Crippen MR) is 69.2 cm³/mol. The summed E-state index contributed by atoms with van der Waals surface area (Å²) in [5.74, 6) is -0.747. The van der Waals surface area contributed by atoms with Crippen molar-refractivity contribution in [1.82, 2.24) is 10.2 Å². The third kappa shape index (κ3) is 5.04. The van der Waals surface area contributed by atoms with Gasteiger partial charge in [-0.2, -0.15) is 0 Å². The monoisotopic (exact) mass is 242 g/mol.